The Hall–Kier alpha value is -5.01. The number of ether oxygens (including phenoxy) is 3. The number of anilines is 2. The SMILES string of the molecule is CCN(c1ccccc1)S(=O)(=O)c1ccc(C(=O)N(/N=C/c2cc(OC)c(OC)c(OC)c2)c2nc3ccc(F)cc3s2)cc1. The van der Waals surface area contributed by atoms with E-state index < -0.39 is 21.7 Å². The molecule has 0 saturated heterocycles. The minimum atomic E-state index is -3.91. The summed E-state index contributed by atoms with van der Waals surface area (Å²) >= 11 is 1.08. The number of para-hydroxylation sites is 1. The third kappa shape index (κ3) is 6.44. The van der Waals surface area contributed by atoms with Crippen LogP contribution < -0.4 is 23.5 Å². The zero-order chi connectivity index (χ0) is 32.1. The molecule has 0 atom stereocenters. The van der Waals surface area contributed by atoms with Gasteiger partial charge in [-0.15, -0.1) is 0 Å². The predicted molar refractivity (Wildman–Crippen MR) is 173 cm³/mol. The first-order valence-electron chi connectivity index (χ1n) is 13.6. The van der Waals surface area contributed by atoms with Crippen molar-refractivity contribution in [1.29, 1.82) is 0 Å². The van der Waals surface area contributed by atoms with Crippen LogP contribution in [0.25, 0.3) is 10.2 Å². The number of nitrogens with zero attached hydrogens (tertiary/aromatic N) is 4. The number of aromatic nitrogens is 1. The molecule has 5 aromatic rings. The van der Waals surface area contributed by atoms with E-state index >= 15 is 0 Å². The van der Waals surface area contributed by atoms with Crippen LogP contribution >= 0.6 is 11.3 Å². The van der Waals surface area contributed by atoms with Crippen molar-refractivity contribution in [2.45, 2.75) is 11.8 Å². The summed E-state index contributed by atoms with van der Waals surface area (Å²) in [6.45, 7) is 1.96. The summed E-state index contributed by atoms with van der Waals surface area (Å²) in [4.78, 5) is 18.4. The lowest BCUT2D eigenvalue weighted by Crippen LogP contribution is -2.31. The molecular weight excluding hydrogens is 620 g/mol. The number of carbonyl (C=O) groups excluding carboxylic acids is 1. The van der Waals surface area contributed by atoms with Gasteiger partial charge < -0.3 is 14.2 Å². The van der Waals surface area contributed by atoms with Crippen molar-refractivity contribution in [3.05, 3.63) is 102 Å². The molecule has 0 unspecified atom stereocenters. The van der Waals surface area contributed by atoms with Crippen LogP contribution in [0.5, 0.6) is 17.2 Å². The molecule has 4 aromatic carbocycles. The van der Waals surface area contributed by atoms with E-state index in [1.807, 2.05) is 6.07 Å². The molecule has 1 aromatic heterocycles. The third-order valence-corrected chi connectivity index (χ3v) is 9.65. The second-order valence-electron chi connectivity index (χ2n) is 9.46. The van der Waals surface area contributed by atoms with E-state index in [0.29, 0.717) is 38.7 Å². The number of thiazole rings is 1. The molecular formula is C32H29FN4O6S2. The summed E-state index contributed by atoms with van der Waals surface area (Å²) in [5, 5.41) is 5.71. The van der Waals surface area contributed by atoms with Crippen molar-refractivity contribution in [1.82, 2.24) is 4.98 Å². The Labute approximate surface area is 264 Å². The molecule has 10 nitrogen and oxygen atoms in total. The van der Waals surface area contributed by atoms with Gasteiger partial charge in [0, 0.05) is 17.7 Å². The topological polar surface area (TPSA) is 111 Å². The van der Waals surface area contributed by atoms with Gasteiger partial charge in [0.2, 0.25) is 10.9 Å². The first kappa shape index (κ1) is 31.4. The normalized spacial score (nSPS) is 11.5. The number of methoxy groups -OCH3 is 3. The van der Waals surface area contributed by atoms with E-state index in [1.54, 1.807) is 43.3 Å². The van der Waals surface area contributed by atoms with Crippen LogP contribution in [0.15, 0.2) is 94.9 Å². The summed E-state index contributed by atoms with van der Waals surface area (Å²) < 4.78 is 58.9. The average Bonchev–Trinajstić information content (AvgIpc) is 3.47. The first-order chi connectivity index (χ1) is 21.7. The Morgan fingerprint density at radius 3 is 2.20 bits per heavy atom. The second-order valence-corrected chi connectivity index (χ2v) is 12.3. The minimum Gasteiger partial charge on any atom is -0.493 e. The maximum Gasteiger partial charge on any atom is 0.280 e. The summed E-state index contributed by atoms with van der Waals surface area (Å²) in [5.74, 6) is 0.143. The van der Waals surface area contributed by atoms with Crippen LogP contribution in [0.2, 0.25) is 0 Å². The monoisotopic (exact) mass is 648 g/mol. The number of hydrazone groups is 1. The van der Waals surface area contributed by atoms with Crippen molar-refractivity contribution >= 4 is 54.5 Å². The van der Waals surface area contributed by atoms with E-state index in [1.165, 1.54) is 74.3 Å². The van der Waals surface area contributed by atoms with Crippen LogP contribution in [0.3, 0.4) is 0 Å². The van der Waals surface area contributed by atoms with Gasteiger partial charge in [-0.1, -0.05) is 29.5 Å². The third-order valence-electron chi connectivity index (χ3n) is 6.74. The van der Waals surface area contributed by atoms with Gasteiger partial charge in [0.05, 0.1) is 48.3 Å². The van der Waals surface area contributed by atoms with Gasteiger partial charge in [0.1, 0.15) is 5.82 Å². The van der Waals surface area contributed by atoms with Crippen LogP contribution in [-0.4, -0.2) is 53.4 Å². The van der Waals surface area contributed by atoms with E-state index in [0.717, 1.165) is 16.3 Å². The number of rotatable bonds is 11. The molecule has 0 bridgehead atoms. The average molecular weight is 649 g/mol. The van der Waals surface area contributed by atoms with Crippen molar-refractivity contribution in [3.8, 4) is 17.2 Å². The standard InChI is InChI=1S/C32H29FN4O6S2/c1-5-36(24-9-7-6-8-10-24)45(39,40)25-14-11-22(12-15-25)31(38)37(32-35-26-16-13-23(33)19-29(26)44-32)34-20-21-17-27(41-2)30(43-4)28(18-21)42-3/h6-20H,5H2,1-4H3/b34-20+. The number of fused-ring (bicyclic) bond motifs is 1. The fourth-order valence-electron chi connectivity index (χ4n) is 4.57. The Bertz CT molecular complexity index is 1940. The number of sulfonamides is 1. The zero-order valence-corrected chi connectivity index (χ0v) is 26.4. The van der Waals surface area contributed by atoms with Gasteiger partial charge >= 0.3 is 0 Å². The molecule has 0 saturated carbocycles. The van der Waals surface area contributed by atoms with Crippen molar-refractivity contribution in [3.63, 3.8) is 0 Å². The van der Waals surface area contributed by atoms with Gasteiger partial charge in [0.15, 0.2) is 11.5 Å². The van der Waals surface area contributed by atoms with E-state index in [9.17, 15) is 17.6 Å². The van der Waals surface area contributed by atoms with Crippen LogP contribution in [0.1, 0.15) is 22.8 Å². The van der Waals surface area contributed by atoms with E-state index in [2.05, 4.69) is 10.1 Å². The molecule has 232 valence electrons. The Kier molecular flexibility index (Phi) is 9.30. The number of halogens is 1. The number of hydrogen-bond acceptors (Lipinski definition) is 9. The fraction of sp³-hybridized carbons (Fsp3) is 0.156. The van der Waals surface area contributed by atoms with Crippen molar-refractivity contribution in [2.24, 2.45) is 5.10 Å². The molecule has 0 aliphatic heterocycles. The van der Waals surface area contributed by atoms with Gasteiger partial charge in [-0.3, -0.25) is 9.10 Å². The summed E-state index contributed by atoms with van der Waals surface area (Å²) in [6, 6.07) is 21.8. The first-order valence-corrected chi connectivity index (χ1v) is 15.9. The molecule has 1 heterocycles. The fourth-order valence-corrected chi connectivity index (χ4v) is 6.99. The molecule has 0 fully saturated rings. The summed E-state index contributed by atoms with van der Waals surface area (Å²) in [6.07, 6.45) is 1.42. The van der Waals surface area contributed by atoms with Crippen LogP contribution in [0, 0.1) is 5.82 Å². The Balaban J connectivity index is 1.52. The zero-order valence-electron chi connectivity index (χ0n) is 24.8. The highest BCUT2D eigenvalue weighted by Crippen LogP contribution is 2.38. The minimum absolute atomic E-state index is 0.0210. The highest BCUT2D eigenvalue weighted by atomic mass is 32.2. The highest BCUT2D eigenvalue weighted by molar-refractivity contribution is 7.92. The quantitative estimate of drug-likeness (QED) is 0.121. The largest absolute Gasteiger partial charge is 0.493 e. The molecule has 0 radical (unpaired) electrons. The van der Waals surface area contributed by atoms with E-state index in [4.69, 9.17) is 14.2 Å². The lowest BCUT2D eigenvalue weighted by molar-refractivity contribution is 0.0987. The lowest BCUT2D eigenvalue weighted by atomic mass is 10.2. The molecule has 0 N–H and O–H groups in total. The number of amides is 1. The Morgan fingerprint density at radius 1 is 0.933 bits per heavy atom. The number of carbonyl (C=O) groups is 1. The number of benzene rings is 4. The molecule has 1 amide bonds. The van der Waals surface area contributed by atoms with E-state index in [-0.39, 0.29) is 22.1 Å². The van der Waals surface area contributed by atoms with Gasteiger partial charge in [-0.2, -0.15) is 10.1 Å². The van der Waals surface area contributed by atoms with Crippen molar-refractivity contribution in [2.75, 3.05) is 37.2 Å². The Morgan fingerprint density at radius 2 is 1.60 bits per heavy atom. The van der Waals surface area contributed by atoms with Crippen LogP contribution in [0.4, 0.5) is 15.2 Å². The van der Waals surface area contributed by atoms with Gasteiger partial charge in [-0.05, 0) is 73.7 Å². The number of hydrogen-bond donors (Lipinski definition) is 0. The highest BCUT2D eigenvalue weighted by Gasteiger charge is 2.26. The van der Waals surface area contributed by atoms with Gasteiger partial charge in [-0.25, -0.2) is 17.8 Å². The predicted octanol–water partition coefficient (Wildman–Crippen LogP) is 6.36. The van der Waals surface area contributed by atoms with Gasteiger partial charge in [0.25, 0.3) is 15.9 Å². The molecule has 0 aliphatic carbocycles. The molecule has 5 rings (SSSR count). The molecule has 45 heavy (non-hydrogen) atoms. The summed E-state index contributed by atoms with van der Waals surface area (Å²) in [7, 11) is 0.550. The lowest BCUT2D eigenvalue weighted by Gasteiger charge is -2.23. The maximum atomic E-state index is 14.0. The summed E-state index contributed by atoms with van der Waals surface area (Å²) in [5.41, 5.74) is 1.69. The molecule has 0 aliphatic rings. The maximum absolute atomic E-state index is 14.0. The molecule has 13 heteroatoms. The molecule has 0 spiro atoms. The second kappa shape index (κ2) is 13.3. The van der Waals surface area contributed by atoms with Crippen LogP contribution in [-0.2, 0) is 10.0 Å². The van der Waals surface area contributed by atoms with Crippen molar-refractivity contribution < 1.29 is 31.8 Å². The smallest absolute Gasteiger partial charge is 0.280 e.